The average molecular weight is 343 g/mol. The second-order valence-corrected chi connectivity index (χ2v) is 6.70. The zero-order chi connectivity index (χ0) is 18.0. The molecule has 4 nitrogen and oxygen atoms in total. The fraction of sp³-hybridized carbons (Fsp3) is 0.850. The van der Waals surface area contributed by atoms with Gasteiger partial charge in [0, 0.05) is 6.42 Å². The van der Waals surface area contributed by atoms with Crippen molar-refractivity contribution in [3.8, 4) is 0 Å². The topological polar surface area (TPSA) is 77.8 Å². The van der Waals surface area contributed by atoms with Gasteiger partial charge in [0.2, 0.25) is 0 Å². The number of rotatable bonds is 17. The van der Waals surface area contributed by atoms with Crippen LogP contribution >= 0.6 is 0 Å². The highest BCUT2D eigenvalue weighted by atomic mass is 16.4. The summed E-state index contributed by atoms with van der Waals surface area (Å²) in [5, 5.41) is 27.7. The second kappa shape index (κ2) is 17.0. The normalized spacial score (nSPS) is 12.3. The van der Waals surface area contributed by atoms with E-state index in [0.717, 1.165) is 62.5 Å². The minimum atomic E-state index is -0.720. The van der Waals surface area contributed by atoms with Crippen LogP contribution in [-0.4, -0.2) is 34.5 Å². The Morgan fingerprint density at radius 2 is 1.00 bits per heavy atom. The van der Waals surface area contributed by atoms with Crippen LogP contribution < -0.4 is 0 Å². The molecule has 4 heteroatoms. The lowest BCUT2D eigenvalue weighted by atomic mass is 9.97. The Hall–Kier alpha value is -0.870. The number of hydrogen-bond acceptors (Lipinski definition) is 3. The maximum Gasteiger partial charge on any atom is 0.303 e. The molecule has 0 heterocycles. The summed E-state index contributed by atoms with van der Waals surface area (Å²) in [7, 11) is 0. The van der Waals surface area contributed by atoms with Crippen molar-refractivity contribution in [2.75, 3.05) is 13.2 Å². The van der Waals surface area contributed by atoms with Crippen LogP contribution in [0.4, 0.5) is 0 Å². The molecule has 3 N–H and O–H groups in total. The SMILES string of the molecule is CCCCCCCC/C(CO)=C(/CO)CCCCCCCC(=O)O. The van der Waals surface area contributed by atoms with Gasteiger partial charge in [-0.25, -0.2) is 0 Å². The van der Waals surface area contributed by atoms with E-state index in [-0.39, 0.29) is 19.6 Å². The molecule has 0 radical (unpaired) electrons. The Kier molecular flexibility index (Phi) is 16.4. The van der Waals surface area contributed by atoms with E-state index in [9.17, 15) is 15.0 Å². The van der Waals surface area contributed by atoms with Gasteiger partial charge in [0.25, 0.3) is 0 Å². The molecule has 0 atom stereocenters. The molecule has 0 unspecified atom stereocenters. The Morgan fingerprint density at radius 1 is 0.625 bits per heavy atom. The van der Waals surface area contributed by atoms with Gasteiger partial charge in [-0.1, -0.05) is 58.3 Å². The quantitative estimate of drug-likeness (QED) is 0.261. The van der Waals surface area contributed by atoms with Crippen molar-refractivity contribution in [1.82, 2.24) is 0 Å². The zero-order valence-corrected chi connectivity index (χ0v) is 15.6. The third-order valence-corrected chi connectivity index (χ3v) is 4.58. The van der Waals surface area contributed by atoms with Crippen molar-refractivity contribution in [2.24, 2.45) is 0 Å². The number of hydrogen-bond donors (Lipinski definition) is 3. The molecule has 0 bridgehead atoms. The highest BCUT2D eigenvalue weighted by Gasteiger charge is 2.06. The summed E-state index contributed by atoms with van der Waals surface area (Å²) < 4.78 is 0. The number of carboxylic acids is 1. The van der Waals surface area contributed by atoms with Crippen molar-refractivity contribution in [3.63, 3.8) is 0 Å². The van der Waals surface area contributed by atoms with Crippen molar-refractivity contribution >= 4 is 5.97 Å². The molecule has 0 aromatic carbocycles. The molecule has 0 rings (SSSR count). The van der Waals surface area contributed by atoms with Crippen LogP contribution in [0.15, 0.2) is 11.1 Å². The third-order valence-electron chi connectivity index (χ3n) is 4.58. The number of carbonyl (C=O) groups is 1. The molecule has 0 aliphatic rings. The number of aliphatic hydroxyl groups excluding tert-OH is 2. The minimum absolute atomic E-state index is 0.0464. The summed E-state index contributed by atoms with van der Waals surface area (Å²) in [4.78, 5) is 10.4. The van der Waals surface area contributed by atoms with Crippen molar-refractivity contribution in [1.29, 1.82) is 0 Å². The van der Waals surface area contributed by atoms with Crippen molar-refractivity contribution < 1.29 is 20.1 Å². The molecule has 0 spiro atoms. The zero-order valence-electron chi connectivity index (χ0n) is 15.6. The van der Waals surface area contributed by atoms with Gasteiger partial charge in [0.15, 0.2) is 0 Å². The standard InChI is InChI=1S/C20H38O4/c1-2-3-4-5-7-10-13-18(16-21)19(17-22)14-11-8-6-9-12-15-20(23)24/h21-22H,2-17H2,1H3,(H,23,24)/b19-18-. The average Bonchev–Trinajstić information content (AvgIpc) is 2.57. The Labute approximate surface area is 148 Å². The molecule has 24 heavy (non-hydrogen) atoms. The smallest absolute Gasteiger partial charge is 0.303 e. The summed E-state index contributed by atoms with van der Waals surface area (Å²) in [6.07, 6.45) is 14.2. The Bertz CT molecular complexity index is 337. The van der Waals surface area contributed by atoms with Gasteiger partial charge < -0.3 is 15.3 Å². The van der Waals surface area contributed by atoms with E-state index in [1.54, 1.807) is 0 Å². The molecular weight excluding hydrogens is 304 g/mol. The fourth-order valence-electron chi connectivity index (χ4n) is 3.00. The van der Waals surface area contributed by atoms with Gasteiger partial charge in [-0.3, -0.25) is 4.79 Å². The van der Waals surface area contributed by atoms with Gasteiger partial charge in [-0.15, -0.1) is 0 Å². The molecular formula is C20H38O4. The summed E-state index contributed by atoms with van der Waals surface area (Å²) in [5.74, 6) is -0.720. The van der Waals surface area contributed by atoms with E-state index in [1.807, 2.05) is 0 Å². The first-order valence-corrected chi connectivity index (χ1v) is 9.79. The van der Waals surface area contributed by atoms with Crippen LogP contribution in [-0.2, 0) is 4.79 Å². The van der Waals surface area contributed by atoms with Gasteiger partial charge in [0.1, 0.15) is 0 Å². The molecule has 0 aliphatic heterocycles. The largest absolute Gasteiger partial charge is 0.481 e. The number of aliphatic hydroxyl groups is 2. The first kappa shape index (κ1) is 23.1. The molecule has 0 fully saturated rings. The number of unbranched alkanes of at least 4 members (excludes halogenated alkanes) is 9. The summed E-state index contributed by atoms with van der Waals surface area (Å²) in [5.41, 5.74) is 2.04. The highest BCUT2D eigenvalue weighted by molar-refractivity contribution is 5.66. The fourth-order valence-corrected chi connectivity index (χ4v) is 3.00. The molecule has 0 amide bonds. The van der Waals surface area contributed by atoms with Gasteiger partial charge in [-0.2, -0.15) is 0 Å². The molecule has 0 aliphatic carbocycles. The van der Waals surface area contributed by atoms with E-state index in [0.29, 0.717) is 0 Å². The maximum absolute atomic E-state index is 10.4. The third kappa shape index (κ3) is 13.6. The highest BCUT2D eigenvalue weighted by Crippen LogP contribution is 2.19. The summed E-state index contributed by atoms with van der Waals surface area (Å²) >= 11 is 0. The summed E-state index contributed by atoms with van der Waals surface area (Å²) in [6.45, 7) is 2.32. The minimum Gasteiger partial charge on any atom is -0.481 e. The van der Waals surface area contributed by atoms with Crippen LogP contribution in [0.25, 0.3) is 0 Å². The van der Waals surface area contributed by atoms with E-state index in [2.05, 4.69) is 6.92 Å². The van der Waals surface area contributed by atoms with E-state index < -0.39 is 5.97 Å². The van der Waals surface area contributed by atoms with Crippen molar-refractivity contribution in [2.45, 2.75) is 96.8 Å². The molecule has 0 aromatic rings. The van der Waals surface area contributed by atoms with Crippen LogP contribution in [0.1, 0.15) is 96.8 Å². The lowest BCUT2D eigenvalue weighted by Gasteiger charge is -2.12. The van der Waals surface area contributed by atoms with Crippen LogP contribution in [0.5, 0.6) is 0 Å². The van der Waals surface area contributed by atoms with E-state index in [1.165, 1.54) is 32.1 Å². The maximum atomic E-state index is 10.4. The molecule has 142 valence electrons. The molecule has 0 saturated carbocycles. The number of aliphatic carboxylic acids is 1. The Morgan fingerprint density at radius 3 is 1.38 bits per heavy atom. The van der Waals surface area contributed by atoms with Gasteiger partial charge >= 0.3 is 5.97 Å². The second-order valence-electron chi connectivity index (χ2n) is 6.70. The van der Waals surface area contributed by atoms with Crippen LogP contribution in [0.3, 0.4) is 0 Å². The first-order chi connectivity index (χ1) is 11.7. The van der Waals surface area contributed by atoms with Crippen LogP contribution in [0.2, 0.25) is 0 Å². The van der Waals surface area contributed by atoms with E-state index >= 15 is 0 Å². The molecule has 0 aromatic heterocycles. The summed E-state index contributed by atoms with van der Waals surface area (Å²) in [6, 6.07) is 0. The van der Waals surface area contributed by atoms with E-state index in [4.69, 9.17) is 5.11 Å². The van der Waals surface area contributed by atoms with Crippen LogP contribution in [0, 0.1) is 0 Å². The lowest BCUT2D eigenvalue weighted by Crippen LogP contribution is -2.02. The van der Waals surface area contributed by atoms with Gasteiger partial charge in [-0.05, 0) is 43.3 Å². The lowest BCUT2D eigenvalue weighted by molar-refractivity contribution is -0.137. The monoisotopic (exact) mass is 342 g/mol. The molecule has 0 saturated heterocycles. The van der Waals surface area contributed by atoms with Gasteiger partial charge in [0.05, 0.1) is 13.2 Å². The predicted octanol–water partition coefficient (Wildman–Crippen LogP) is 4.83. The predicted molar refractivity (Wildman–Crippen MR) is 99.1 cm³/mol. The first-order valence-electron chi connectivity index (χ1n) is 9.79. The Balaban J connectivity index is 3.92. The van der Waals surface area contributed by atoms with Crippen molar-refractivity contribution in [3.05, 3.63) is 11.1 Å². The number of carboxylic acid groups (broad SMARTS) is 1.